The SMILES string of the molecule is CCOc1cccnc1C1(c2cccc(OC)c2)OCCN1C(C)C. The lowest BCUT2D eigenvalue weighted by molar-refractivity contribution is -0.0699. The third-order valence-corrected chi connectivity index (χ3v) is 4.52. The van der Waals surface area contributed by atoms with Gasteiger partial charge in [0.05, 0.1) is 20.3 Å². The Morgan fingerprint density at radius 3 is 2.84 bits per heavy atom. The van der Waals surface area contributed by atoms with E-state index >= 15 is 0 Å². The molecule has 1 aliphatic heterocycles. The van der Waals surface area contributed by atoms with Crippen LogP contribution in [0.15, 0.2) is 42.6 Å². The Morgan fingerprint density at radius 2 is 2.12 bits per heavy atom. The Bertz CT molecular complexity index is 720. The van der Waals surface area contributed by atoms with Gasteiger partial charge in [-0.25, -0.2) is 0 Å². The molecule has 0 aliphatic carbocycles. The van der Waals surface area contributed by atoms with Gasteiger partial charge in [-0.05, 0) is 45.0 Å². The van der Waals surface area contributed by atoms with Crippen LogP contribution in [0.25, 0.3) is 0 Å². The van der Waals surface area contributed by atoms with Crippen molar-refractivity contribution >= 4 is 0 Å². The van der Waals surface area contributed by atoms with E-state index in [0.29, 0.717) is 13.2 Å². The third-order valence-electron chi connectivity index (χ3n) is 4.52. The molecule has 0 saturated carbocycles. The monoisotopic (exact) mass is 342 g/mol. The number of rotatable bonds is 6. The van der Waals surface area contributed by atoms with Gasteiger partial charge < -0.3 is 14.2 Å². The molecular weight excluding hydrogens is 316 g/mol. The molecule has 2 aromatic rings. The predicted molar refractivity (Wildman–Crippen MR) is 97.0 cm³/mol. The first-order valence-corrected chi connectivity index (χ1v) is 8.77. The number of nitrogens with zero attached hydrogens (tertiary/aromatic N) is 2. The summed E-state index contributed by atoms with van der Waals surface area (Å²) in [5, 5.41) is 0. The molecule has 5 nitrogen and oxygen atoms in total. The molecule has 1 aromatic heterocycles. The lowest BCUT2D eigenvalue weighted by atomic mass is 9.95. The molecular formula is C20H26N2O3. The summed E-state index contributed by atoms with van der Waals surface area (Å²) in [7, 11) is 1.67. The van der Waals surface area contributed by atoms with Gasteiger partial charge in [0.25, 0.3) is 0 Å². The van der Waals surface area contributed by atoms with E-state index in [-0.39, 0.29) is 6.04 Å². The van der Waals surface area contributed by atoms with Gasteiger partial charge in [-0.2, -0.15) is 0 Å². The fourth-order valence-corrected chi connectivity index (χ4v) is 3.49. The molecule has 5 heteroatoms. The number of hydrogen-bond acceptors (Lipinski definition) is 5. The van der Waals surface area contributed by atoms with Crippen molar-refractivity contribution < 1.29 is 14.2 Å². The van der Waals surface area contributed by atoms with Crippen LogP contribution < -0.4 is 9.47 Å². The fourth-order valence-electron chi connectivity index (χ4n) is 3.49. The van der Waals surface area contributed by atoms with Crippen molar-refractivity contribution in [3.05, 3.63) is 53.9 Å². The van der Waals surface area contributed by atoms with Crippen LogP contribution in [0.4, 0.5) is 0 Å². The minimum Gasteiger partial charge on any atom is -0.497 e. The second kappa shape index (κ2) is 7.42. The maximum atomic E-state index is 6.40. The summed E-state index contributed by atoms with van der Waals surface area (Å²) >= 11 is 0. The lowest BCUT2D eigenvalue weighted by Gasteiger charge is -2.40. The molecule has 0 N–H and O–H groups in total. The van der Waals surface area contributed by atoms with Crippen molar-refractivity contribution in [1.29, 1.82) is 0 Å². The van der Waals surface area contributed by atoms with Gasteiger partial charge in [0.1, 0.15) is 17.2 Å². The Balaban J connectivity index is 2.23. The average Bonchev–Trinajstić information content (AvgIpc) is 3.09. The quantitative estimate of drug-likeness (QED) is 0.805. The predicted octanol–water partition coefficient (Wildman–Crippen LogP) is 3.43. The van der Waals surface area contributed by atoms with E-state index in [1.807, 2.05) is 37.3 Å². The zero-order valence-corrected chi connectivity index (χ0v) is 15.4. The minimum atomic E-state index is -0.783. The van der Waals surface area contributed by atoms with Crippen molar-refractivity contribution in [3.8, 4) is 11.5 Å². The van der Waals surface area contributed by atoms with Gasteiger partial charge in [0, 0.05) is 24.3 Å². The van der Waals surface area contributed by atoms with Gasteiger partial charge in [-0.3, -0.25) is 9.88 Å². The normalized spacial score (nSPS) is 20.8. The molecule has 1 saturated heterocycles. The Hall–Kier alpha value is -2.11. The number of pyridine rings is 1. The number of ether oxygens (including phenoxy) is 3. The smallest absolute Gasteiger partial charge is 0.195 e. The molecule has 2 heterocycles. The largest absolute Gasteiger partial charge is 0.497 e. The van der Waals surface area contributed by atoms with Crippen molar-refractivity contribution in [3.63, 3.8) is 0 Å². The number of hydrogen-bond donors (Lipinski definition) is 0. The molecule has 134 valence electrons. The standard InChI is InChI=1S/C20H26N2O3/c1-5-24-18-10-7-11-21-19(18)20(22(15(2)3)12-13-25-20)16-8-6-9-17(14-16)23-4/h6-11,14-15H,5,12-13H2,1-4H3. The zero-order chi connectivity index (χ0) is 17.9. The van der Waals surface area contributed by atoms with Crippen LogP contribution in [0.3, 0.4) is 0 Å². The van der Waals surface area contributed by atoms with E-state index in [2.05, 4.69) is 29.8 Å². The van der Waals surface area contributed by atoms with Gasteiger partial charge >= 0.3 is 0 Å². The highest BCUT2D eigenvalue weighted by molar-refractivity contribution is 5.43. The van der Waals surface area contributed by atoms with E-state index in [9.17, 15) is 0 Å². The summed E-state index contributed by atoms with van der Waals surface area (Å²) in [5.41, 5.74) is 1.00. The van der Waals surface area contributed by atoms with Crippen molar-refractivity contribution in [1.82, 2.24) is 9.88 Å². The second-order valence-corrected chi connectivity index (χ2v) is 6.29. The van der Waals surface area contributed by atoms with Gasteiger partial charge in [-0.1, -0.05) is 12.1 Å². The highest BCUT2D eigenvalue weighted by Crippen LogP contribution is 2.45. The Labute approximate surface area is 149 Å². The average molecular weight is 342 g/mol. The molecule has 0 radical (unpaired) electrons. The zero-order valence-electron chi connectivity index (χ0n) is 15.4. The first kappa shape index (κ1) is 17.7. The van der Waals surface area contributed by atoms with Crippen LogP contribution in [0.5, 0.6) is 11.5 Å². The first-order valence-electron chi connectivity index (χ1n) is 8.77. The fraction of sp³-hybridized carbons (Fsp3) is 0.450. The van der Waals surface area contributed by atoms with Gasteiger partial charge in [-0.15, -0.1) is 0 Å². The maximum absolute atomic E-state index is 6.40. The summed E-state index contributed by atoms with van der Waals surface area (Å²) in [6.45, 7) is 8.37. The van der Waals surface area contributed by atoms with Crippen LogP contribution >= 0.6 is 0 Å². The van der Waals surface area contributed by atoms with E-state index in [1.165, 1.54) is 0 Å². The highest BCUT2D eigenvalue weighted by Gasteiger charge is 2.49. The van der Waals surface area contributed by atoms with Crippen LogP contribution in [0.1, 0.15) is 32.0 Å². The van der Waals surface area contributed by atoms with Gasteiger partial charge in [0.2, 0.25) is 0 Å². The maximum Gasteiger partial charge on any atom is 0.195 e. The number of benzene rings is 1. The second-order valence-electron chi connectivity index (χ2n) is 6.29. The topological polar surface area (TPSA) is 43.8 Å². The molecule has 0 bridgehead atoms. The molecule has 1 atom stereocenters. The molecule has 0 spiro atoms. The lowest BCUT2D eigenvalue weighted by Crippen LogP contribution is -2.47. The number of methoxy groups -OCH3 is 1. The molecule has 25 heavy (non-hydrogen) atoms. The molecule has 1 aromatic carbocycles. The van der Waals surface area contributed by atoms with E-state index in [1.54, 1.807) is 13.3 Å². The van der Waals surface area contributed by atoms with Crippen molar-refractivity contribution in [2.75, 3.05) is 26.9 Å². The van der Waals surface area contributed by atoms with Crippen LogP contribution in [-0.4, -0.2) is 42.8 Å². The molecule has 1 aliphatic rings. The molecule has 1 unspecified atom stereocenters. The first-order chi connectivity index (χ1) is 12.1. The number of aromatic nitrogens is 1. The summed E-state index contributed by atoms with van der Waals surface area (Å²) in [6, 6.07) is 12.1. The molecule has 0 amide bonds. The minimum absolute atomic E-state index is 0.283. The Kier molecular flexibility index (Phi) is 5.25. The summed E-state index contributed by atoms with van der Waals surface area (Å²) in [4.78, 5) is 7.01. The highest BCUT2D eigenvalue weighted by atomic mass is 16.5. The molecule has 3 rings (SSSR count). The molecule has 1 fully saturated rings. The van der Waals surface area contributed by atoms with Crippen LogP contribution in [0, 0.1) is 0 Å². The van der Waals surface area contributed by atoms with E-state index < -0.39 is 5.72 Å². The summed E-state index contributed by atoms with van der Waals surface area (Å²) in [6.07, 6.45) is 1.79. The van der Waals surface area contributed by atoms with E-state index in [4.69, 9.17) is 14.2 Å². The van der Waals surface area contributed by atoms with Gasteiger partial charge in [0.15, 0.2) is 5.72 Å². The van der Waals surface area contributed by atoms with Crippen LogP contribution in [0.2, 0.25) is 0 Å². The van der Waals surface area contributed by atoms with Crippen molar-refractivity contribution in [2.45, 2.75) is 32.5 Å². The van der Waals surface area contributed by atoms with E-state index in [0.717, 1.165) is 29.3 Å². The van der Waals surface area contributed by atoms with Crippen LogP contribution in [-0.2, 0) is 10.5 Å². The third kappa shape index (κ3) is 3.10. The Morgan fingerprint density at radius 1 is 1.28 bits per heavy atom. The summed E-state index contributed by atoms with van der Waals surface area (Å²) < 4.78 is 17.7. The van der Waals surface area contributed by atoms with Crippen molar-refractivity contribution in [2.24, 2.45) is 0 Å². The summed E-state index contributed by atoms with van der Waals surface area (Å²) in [5.74, 6) is 1.55.